The molecule has 2 fully saturated rings. The molecule has 2 amide bonds. The number of likely N-dealkylation sites (tertiary alicyclic amines) is 2. The Morgan fingerprint density at radius 3 is 2.38 bits per heavy atom. The van der Waals surface area contributed by atoms with Crippen LogP contribution in [0, 0.1) is 38.5 Å². The van der Waals surface area contributed by atoms with Crippen molar-refractivity contribution in [1.82, 2.24) is 24.7 Å². The summed E-state index contributed by atoms with van der Waals surface area (Å²) in [5, 5.41) is 0.648. The molecule has 3 aliphatic heterocycles. The fourth-order valence-corrected chi connectivity index (χ4v) is 7.51. The molecule has 0 N–H and O–H groups in total. The summed E-state index contributed by atoms with van der Waals surface area (Å²) < 4.78 is 5.37. The van der Waals surface area contributed by atoms with E-state index in [0.717, 1.165) is 37.3 Å². The maximum absolute atomic E-state index is 14.1. The van der Waals surface area contributed by atoms with Gasteiger partial charge in [-0.25, -0.2) is 9.97 Å². The molecule has 2 aromatic rings. The normalized spacial score (nSPS) is 19.5. The molecule has 0 saturated carbocycles. The zero-order valence-electron chi connectivity index (χ0n) is 28.7. The number of esters is 1. The highest BCUT2D eigenvalue weighted by Crippen LogP contribution is 2.32. The minimum Gasteiger partial charge on any atom is -0.465 e. The van der Waals surface area contributed by atoms with Gasteiger partial charge in [0.25, 0.3) is 5.91 Å². The van der Waals surface area contributed by atoms with Crippen molar-refractivity contribution in [2.24, 2.45) is 17.8 Å². The maximum atomic E-state index is 14.1. The Labute approximate surface area is 284 Å². The molecule has 254 valence electrons. The van der Waals surface area contributed by atoms with Crippen molar-refractivity contribution in [3.63, 3.8) is 0 Å². The number of rotatable bonds is 11. The third-order valence-corrected chi connectivity index (χ3v) is 10.3. The number of amides is 2. The molecule has 11 heteroatoms. The van der Waals surface area contributed by atoms with Crippen LogP contribution in [0.2, 0.25) is 5.02 Å². The van der Waals surface area contributed by atoms with Crippen LogP contribution in [-0.4, -0.2) is 101 Å². The molecule has 5 rings (SSSR count). The van der Waals surface area contributed by atoms with Gasteiger partial charge in [0, 0.05) is 61.5 Å². The number of piperidine rings is 1. The second-order valence-electron chi connectivity index (χ2n) is 13.5. The van der Waals surface area contributed by atoms with E-state index in [2.05, 4.69) is 19.8 Å². The SMILES string of the molecule is CCOC(=O)C(C(C)C)N1CCC(C(=O)N(CCCN2CC3=CN(C(=O)c4c(C)ncnc4C)CC3C2)c2ccc(C)c(Cl)c2)CC1. The lowest BCUT2D eigenvalue weighted by Crippen LogP contribution is -2.51. The Balaban J connectivity index is 1.20. The van der Waals surface area contributed by atoms with E-state index in [4.69, 9.17) is 16.3 Å². The van der Waals surface area contributed by atoms with Crippen LogP contribution in [0.4, 0.5) is 5.69 Å². The largest absolute Gasteiger partial charge is 0.465 e. The molecule has 0 radical (unpaired) electrons. The topological polar surface area (TPSA) is 99.2 Å². The molecule has 0 bridgehead atoms. The van der Waals surface area contributed by atoms with Gasteiger partial charge in [-0.1, -0.05) is 31.5 Å². The first-order valence-electron chi connectivity index (χ1n) is 17.0. The molecule has 1 aromatic heterocycles. The van der Waals surface area contributed by atoms with E-state index in [1.54, 1.807) is 0 Å². The number of anilines is 1. The summed E-state index contributed by atoms with van der Waals surface area (Å²) >= 11 is 6.53. The van der Waals surface area contributed by atoms with E-state index in [1.807, 2.05) is 75.7 Å². The number of aromatic nitrogens is 2. The molecule has 4 heterocycles. The first-order chi connectivity index (χ1) is 22.5. The molecule has 0 spiro atoms. The van der Waals surface area contributed by atoms with Crippen molar-refractivity contribution < 1.29 is 19.1 Å². The number of benzene rings is 1. The van der Waals surface area contributed by atoms with Crippen LogP contribution in [-0.2, 0) is 14.3 Å². The smallest absolute Gasteiger partial charge is 0.323 e. The predicted molar refractivity (Wildman–Crippen MR) is 183 cm³/mol. The highest BCUT2D eigenvalue weighted by atomic mass is 35.5. The van der Waals surface area contributed by atoms with E-state index in [9.17, 15) is 14.4 Å². The van der Waals surface area contributed by atoms with Crippen LogP contribution < -0.4 is 4.90 Å². The van der Waals surface area contributed by atoms with Crippen LogP contribution in [0.3, 0.4) is 0 Å². The van der Waals surface area contributed by atoms with Gasteiger partial charge in [-0.15, -0.1) is 0 Å². The van der Waals surface area contributed by atoms with Gasteiger partial charge >= 0.3 is 5.97 Å². The molecule has 47 heavy (non-hydrogen) atoms. The second-order valence-corrected chi connectivity index (χ2v) is 13.9. The summed E-state index contributed by atoms with van der Waals surface area (Å²) in [5.74, 6) is 0.221. The van der Waals surface area contributed by atoms with Gasteiger partial charge in [0.15, 0.2) is 0 Å². The van der Waals surface area contributed by atoms with Gasteiger partial charge in [-0.3, -0.25) is 24.2 Å². The molecule has 10 nitrogen and oxygen atoms in total. The number of hydrogen-bond donors (Lipinski definition) is 0. The van der Waals surface area contributed by atoms with Crippen molar-refractivity contribution in [1.29, 1.82) is 0 Å². The highest BCUT2D eigenvalue weighted by molar-refractivity contribution is 6.31. The Hall–Kier alpha value is -3.34. The van der Waals surface area contributed by atoms with Crippen molar-refractivity contribution in [2.45, 2.75) is 66.8 Å². The lowest BCUT2D eigenvalue weighted by Gasteiger charge is -2.39. The number of nitrogens with zero attached hydrogens (tertiary/aromatic N) is 6. The zero-order chi connectivity index (χ0) is 33.8. The van der Waals surface area contributed by atoms with Crippen molar-refractivity contribution in [3.05, 3.63) is 63.8 Å². The van der Waals surface area contributed by atoms with Crippen molar-refractivity contribution >= 4 is 35.1 Å². The number of halogens is 1. The molecule has 0 aliphatic carbocycles. The molecule has 3 aliphatic rings. The molecule has 1 aromatic carbocycles. The summed E-state index contributed by atoms with van der Waals surface area (Å²) in [6.07, 6.45) is 5.72. The van der Waals surface area contributed by atoms with Gasteiger partial charge in [-0.2, -0.15) is 0 Å². The Morgan fingerprint density at radius 2 is 1.77 bits per heavy atom. The summed E-state index contributed by atoms with van der Waals surface area (Å²) in [7, 11) is 0. The van der Waals surface area contributed by atoms with Crippen LogP contribution in [0.1, 0.15) is 67.3 Å². The minimum absolute atomic E-state index is 0.0357. The molecular weight excluding hydrogens is 616 g/mol. The number of ether oxygens (including phenoxy) is 1. The van der Waals surface area contributed by atoms with Crippen LogP contribution >= 0.6 is 11.6 Å². The third kappa shape index (κ3) is 7.87. The first-order valence-corrected chi connectivity index (χ1v) is 17.4. The van der Waals surface area contributed by atoms with E-state index < -0.39 is 0 Å². The second kappa shape index (κ2) is 15.3. The van der Waals surface area contributed by atoms with Crippen molar-refractivity contribution in [2.75, 3.05) is 57.3 Å². The van der Waals surface area contributed by atoms with E-state index >= 15 is 0 Å². The van der Waals surface area contributed by atoms with E-state index in [1.165, 1.54) is 11.9 Å². The summed E-state index contributed by atoms with van der Waals surface area (Å²) in [6, 6.07) is 5.57. The van der Waals surface area contributed by atoms with Gasteiger partial charge in [-0.05, 0) is 89.2 Å². The molecule has 2 atom stereocenters. The zero-order valence-corrected chi connectivity index (χ0v) is 29.4. The quantitative estimate of drug-likeness (QED) is 0.308. The number of hydrogen-bond acceptors (Lipinski definition) is 8. The lowest BCUT2D eigenvalue weighted by molar-refractivity contribution is -0.152. The number of fused-ring (bicyclic) bond motifs is 1. The highest BCUT2D eigenvalue weighted by Gasteiger charge is 2.38. The van der Waals surface area contributed by atoms with Crippen molar-refractivity contribution in [3.8, 4) is 0 Å². The lowest BCUT2D eigenvalue weighted by atomic mass is 9.91. The van der Waals surface area contributed by atoms with Gasteiger partial charge in [0.1, 0.15) is 12.4 Å². The number of carbonyl (C=O) groups is 3. The van der Waals surface area contributed by atoms with Crippen LogP contribution in [0.5, 0.6) is 0 Å². The maximum Gasteiger partial charge on any atom is 0.323 e. The minimum atomic E-state index is -0.293. The average Bonchev–Trinajstić information content (AvgIpc) is 3.60. The third-order valence-electron chi connectivity index (χ3n) is 9.87. The van der Waals surface area contributed by atoms with Crippen LogP contribution in [0.15, 0.2) is 36.3 Å². The standard InChI is InChI=1S/C36H49ClN6O4/c1-7-47-36(46)33(23(2)3)41-15-11-27(12-16-41)34(44)43(30-10-9-24(4)31(37)17-30)14-8-13-40-18-28-20-42(21-29(28)19-40)35(45)32-25(5)38-22-39-26(32)6/h9-10,17,20,22-23,27,29,33H,7-8,11-16,18-19,21H2,1-6H3. The molecular formula is C36H49ClN6O4. The van der Waals surface area contributed by atoms with E-state index in [-0.39, 0.29) is 35.7 Å². The predicted octanol–water partition coefficient (Wildman–Crippen LogP) is 5.05. The van der Waals surface area contributed by atoms with E-state index in [0.29, 0.717) is 73.5 Å². The Bertz CT molecular complexity index is 1480. The van der Waals surface area contributed by atoms with Gasteiger partial charge in [0.2, 0.25) is 5.91 Å². The Morgan fingerprint density at radius 1 is 1.06 bits per heavy atom. The number of carbonyl (C=O) groups excluding carboxylic acids is 3. The fourth-order valence-electron chi connectivity index (χ4n) is 7.33. The first kappa shape index (κ1) is 35.0. The monoisotopic (exact) mass is 664 g/mol. The fraction of sp³-hybridized carbons (Fsp3) is 0.583. The summed E-state index contributed by atoms with van der Waals surface area (Å²) in [4.78, 5) is 56.9. The van der Waals surface area contributed by atoms with Gasteiger partial charge < -0.3 is 14.5 Å². The van der Waals surface area contributed by atoms with Crippen LogP contribution in [0.25, 0.3) is 0 Å². The van der Waals surface area contributed by atoms with Gasteiger partial charge in [0.05, 0.1) is 23.6 Å². The number of aryl methyl sites for hydroxylation is 3. The summed E-state index contributed by atoms with van der Waals surface area (Å²) in [5.41, 5.74) is 5.07. The molecule has 2 unspecified atom stereocenters. The summed E-state index contributed by atoms with van der Waals surface area (Å²) in [6.45, 7) is 17.1. The Kier molecular flexibility index (Phi) is 11.4. The average molecular weight is 665 g/mol. The molecule has 2 saturated heterocycles.